The second-order valence-electron chi connectivity index (χ2n) is 6.15. The van der Waals surface area contributed by atoms with Crippen molar-refractivity contribution in [2.24, 2.45) is 0 Å². The van der Waals surface area contributed by atoms with Crippen LogP contribution in [0.15, 0.2) is 24.3 Å². The van der Waals surface area contributed by atoms with Gasteiger partial charge in [0.1, 0.15) is 5.75 Å². The Hall–Kier alpha value is -1.20. The molecule has 1 aromatic rings. The summed E-state index contributed by atoms with van der Waals surface area (Å²) in [5, 5.41) is 0.544. The molecule has 2 atom stereocenters. The highest BCUT2D eigenvalue weighted by molar-refractivity contribution is 7.99. The summed E-state index contributed by atoms with van der Waals surface area (Å²) in [5.41, 5.74) is 1.31. The fourth-order valence-electron chi connectivity index (χ4n) is 3.05. The fourth-order valence-corrected chi connectivity index (χ4v) is 4.32. The van der Waals surface area contributed by atoms with Crippen molar-refractivity contribution in [3.8, 4) is 5.75 Å². The van der Waals surface area contributed by atoms with Gasteiger partial charge in [0.25, 0.3) is 0 Å². The molecule has 4 nitrogen and oxygen atoms in total. The second-order valence-corrected chi connectivity index (χ2v) is 7.44. The Morgan fingerprint density at radius 1 is 1.32 bits per heavy atom. The van der Waals surface area contributed by atoms with E-state index in [-0.39, 0.29) is 6.04 Å². The number of benzene rings is 1. The molecule has 2 heterocycles. The fraction of sp³-hybridized carbons (Fsp3) is 0.588. The number of hydrogen-bond acceptors (Lipinski definition) is 4. The number of hydrogen-bond donors (Lipinski definition) is 0. The molecule has 2 saturated heterocycles. The highest BCUT2D eigenvalue weighted by atomic mass is 32.2. The molecule has 0 bridgehead atoms. The van der Waals surface area contributed by atoms with Gasteiger partial charge in [-0.2, -0.15) is 11.8 Å². The Kier molecular flexibility index (Phi) is 4.93. The number of nitrogens with zero attached hydrogens (tertiary/aromatic N) is 2. The van der Waals surface area contributed by atoms with E-state index in [4.69, 9.17) is 4.74 Å². The first kappa shape index (κ1) is 15.7. The van der Waals surface area contributed by atoms with Gasteiger partial charge in [-0.25, -0.2) is 0 Å². The minimum Gasteiger partial charge on any atom is -0.497 e. The van der Waals surface area contributed by atoms with Crippen molar-refractivity contribution in [1.82, 2.24) is 9.80 Å². The van der Waals surface area contributed by atoms with Gasteiger partial charge in [-0.05, 0) is 37.6 Å². The average molecular weight is 320 g/mol. The molecule has 1 amide bonds. The minimum absolute atomic E-state index is 0.0914. The van der Waals surface area contributed by atoms with Crippen LogP contribution in [-0.4, -0.2) is 60.8 Å². The van der Waals surface area contributed by atoms with Crippen LogP contribution in [0.5, 0.6) is 5.75 Å². The molecule has 0 radical (unpaired) electrons. The van der Waals surface area contributed by atoms with Gasteiger partial charge in [-0.3, -0.25) is 9.69 Å². The molecule has 2 fully saturated rings. The monoisotopic (exact) mass is 320 g/mol. The van der Waals surface area contributed by atoms with Crippen LogP contribution in [0, 0.1) is 0 Å². The Balaban J connectivity index is 1.50. The van der Waals surface area contributed by atoms with Crippen LogP contribution in [0.4, 0.5) is 0 Å². The normalized spacial score (nSPS) is 25.1. The maximum absolute atomic E-state index is 12.4. The smallest absolute Gasteiger partial charge is 0.239 e. The number of carbonyl (C=O) groups excluding carboxylic acids is 1. The molecular formula is C17H24N2O2S. The zero-order valence-corrected chi connectivity index (χ0v) is 14.1. The predicted molar refractivity (Wildman–Crippen MR) is 90.3 cm³/mol. The summed E-state index contributed by atoms with van der Waals surface area (Å²) in [5.74, 6) is 2.23. The van der Waals surface area contributed by atoms with E-state index in [1.54, 1.807) is 7.11 Å². The molecule has 5 heteroatoms. The molecule has 2 aliphatic rings. The van der Waals surface area contributed by atoms with E-state index in [9.17, 15) is 4.79 Å². The topological polar surface area (TPSA) is 32.8 Å². The third kappa shape index (κ3) is 3.41. The van der Waals surface area contributed by atoms with E-state index in [2.05, 4.69) is 24.1 Å². The third-order valence-electron chi connectivity index (χ3n) is 4.61. The molecule has 0 aromatic heterocycles. The van der Waals surface area contributed by atoms with Gasteiger partial charge in [0.2, 0.25) is 5.91 Å². The summed E-state index contributed by atoms with van der Waals surface area (Å²) in [6.07, 6.45) is 2.14. The maximum atomic E-state index is 12.4. The Morgan fingerprint density at radius 2 is 2.05 bits per heavy atom. The summed E-state index contributed by atoms with van der Waals surface area (Å²) in [4.78, 5) is 16.6. The number of thioether (sulfide) groups is 1. The molecule has 1 aromatic carbocycles. The molecule has 22 heavy (non-hydrogen) atoms. The van der Waals surface area contributed by atoms with Crippen molar-refractivity contribution in [3.05, 3.63) is 29.8 Å². The van der Waals surface area contributed by atoms with E-state index in [1.165, 1.54) is 5.56 Å². The summed E-state index contributed by atoms with van der Waals surface area (Å²) < 4.78 is 5.18. The lowest BCUT2D eigenvalue weighted by Gasteiger charge is -2.34. The Bertz CT molecular complexity index is 516. The number of likely N-dealkylation sites (tertiary alicyclic amines) is 2. The summed E-state index contributed by atoms with van der Waals surface area (Å²) in [7, 11) is 3.77. The lowest BCUT2D eigenvalue weighted by molar-refractivity contribution is -0.139. The average Bonchev–Trinajstić information content (AvgIpc) is 2.85. The van der Waals surface area contributed by atoms with Gasteiger partial charge in [-0.1, -0.05) is 12.1 Å². The number of amides is 1. The number of likely N-dealkylation sites (N-methyl/N-ethyl adjacent to an activating group) is 1. The standard InChI is InChI=1S/C17H24N2O2S/c1-18-11-15(10-16(18)17(20)19-8-3-9-19)22-12-13-4-6-14(21-2)7-5-13/h4-7,15-16H,3,8-12H2,1-2H3/t15-,16-/m0/s1. The molecule has 120 valence electrons. The van der Waals surface area contributed by atoms with Crippen molar-refractivity contribution in [2.45, 2.75) is 29.9 Å². The largest absolute Gasteiger partial charge is 0.497 e. The Labute approximate surface area is 136 Å². The van der Waals surface area contributed by atoms with E-state index in [0.717, 1.165) is 44.0 Å². The van der Waals surface area contributed by atoms with Crippen LogP contribution < -0.4 is 4.74 Å². The van der Waals surface area contributed by atoms with Crippen LogP contribution in [0.1, 0.15) is 18.4 Å². The minimum atomic E-state index is 0.0914. The van der Waals surface area contributed by atoms with E-state index in [1.807, 2.05) is 28.8 Å². The van der Waals surface area contributed by atoms with E-state index < -0.39 is 0 Å². The molecule has 2 aliphatic heterocycles. The second kappa shape index (κ2) is 6.92. The van der Waals surface area contributed by atoms with Gasteiger partial charge in [0, 0.05) is 30.6 Å². The lowest BCUT2D eigenvalue weighted by Crippen LogP contribution is -2.50. The van der Waals surface area contributed by atoms with Crippen LogP contribution in [0.2, 0.25) is 0 Å². The van der Waals surface area contributed by atoms with Crippen molar-refractivity contribution in [2.75, 3.05) is 33.8 Å². The first-order valence-electron chi connectivity index (χ1n) is 7.91. The first-order chi connectivity index (χ1) is 10.7. The van der Waals surface area contributed by atoms with Gasteiger partial charge >= 0.3 is 0 Å². The molecule has 3 rings (SSSR count). The molecule has 0 aliphatic carbocycles. The molecule has 0 saturated carbocycles. The van der Waals surface area contributed by atoms with Crippen LogP contribution in [0.25, 0.3) is 0 Å². The highest BCUT2D eigenvalue weighted by Crippen LogP contribution is 2.30. The van der Waals surface area contributed by atoms with Crippen LogP contribution in [0.3, 0.4) is 0 Å². The molecule has 0 spiro atoms. The summed E-state index contributed by atoms with van der Waals surface area (Å²) in [6, 6.07) is 8.34. The quantitative estimate of drug-likeness (QED) is 0.833. The summed E-state index contributed by atoms with van der Waals surface area (Å²) >= 11 is 1.96. The van der Waals surface area contributed by atoms with Crippen molar-refractivity contribution in [1.29, 1.82) is 0 Å². The maximum Gasteiger partial charge on any atom is 0.239 e. The predicted octanol–water partition coefficient (Wildman–Crippen LogP) is 2.23. The zero-order chi connectivity index (χ0) is 15.5. The van der Waals surface area contributed by atoms with E-state index in [0.29, 0.717) is 11.2 Å². The van der Waals surface area contributed by atoms with Crippen molar-refractivity contribution >= 4 is 17.7 Å². The van der Waals surface area contributed by atoms with Gasteiger partial charge in [0.15, 0.2) is 0 Å². The van der Waals surface area contributed by atoms with Crippen LogP contribution >= 0.6 is 11.8 Å². The van der Waals surface area contributed by atoms with Gasteiger partial charge < -0.3 is 9.64 Å². The number of ether oxygens (including phenoxy) is 1. The SMILES string of the molecule is COc1ccc(CS[C@H]2C[C@@H](C(=O)N3CCC3)N(C)C2)cc1. The van der Waals surface area contributed by atoms with Gasteiger partial charge in [0.05, 0.1) is 13.2 Å². The van der Waals surface area contributed by atoms with Crippen molar-refractivity contribution < 1.29 is 9.53 Å². The van der Waals surface area contributed by atoms with Crippen LogP contribution in [-0.2, 0) is 10.5 Å². The lowest BCUT2D eigenvalue weighted by atomic mass is 10.1. The zero-order valence-electron chi connectivity index (χ0n) is 13.3. The van der Waals surface area contributed by atoms with E-state index >= 15 is 0 Å². The number of carbonyl (C=O) groups is 1. The van der Waals surface area contributed by atoms with Gasteiger partial charge in [-0.15, -0.1) is 0 Å². The molecule has 0 unspecified atom stereocenters. The molecular weight excluding hydrogens is 296 g/mol. The first-order valence-corrected chi connectivity index (χ1v) is 8.96. The Morgan fingerprint density at radius 3 is 2.64 bits per heavy atom. The highest BCUT2D eigenvalue weighted by Gasteiger charge is 2.38. The van der Waals surface area contributed by atoms with Crippen molar-refractivity contribution in [3.63, 3.8) is 0 Å². The summed E-state index contributed by atoms with van der Waals surface area (Å²) in [6.45, 7) is 2.91. The number of rotatable bonds is 5. The molecule has 0 N–H and O–H groups in total. The number of methoxy groups -OCH3 is 1. The third-order valence-corrected chi connectivity index (χ3v) is 5.92.